The third-order valence-electron chi connectivity index (χ3n) is 14.5. The normalized spacial score (nSPS) is 17.3. The summed E-state index contributed by atoms with van der Waals surface area (Å²) in [5, 5.41) is 11.4. The van der Waals surface area contributed by atoms with Gasteiger partial charge in [-0.15, -0.1) is 0 Å². The SMILES string of the molecule is Cc1cc(-c2cc(C)c(OCC3CO3)c(C)c2)cc(C)c1OCC(O)COC(COc1c(C)cc(-c2cc(C)c(OCC3CO3)c(C)c2)cc1C)COc1c(C)cc(-c2cc(C)c(OCC3CO3)c(C)c2C)cc1C. The van der Waals surface area contributed by atoms with Gasteiger partial charge in [0, 0.05) is 0 Å². The molecule has 6 aromatic carbocycles. The first-order valence-electron chi connectivity index (χ1n) is 26.5. The molecule has 6 aromatic rings. The summed E-state index contributed by atoms with van der Waals surface area (Å²) in [6.07, 6.45) is -0.875. The second kappa shape index (κ2) is 23.0. The Bertz CT molecular complexity index is 2940. The summed E-state index contributed by atoms with van der Waals surface area (Å²) >= 11 is 0. The Kier molecular flexibility index (Phi) is 16.5. The highest BCUT2D eigenvalue weighted by Crippen LogP contribution is 2.40. The molecular weight excluding hydrogens is 945 g/mol. The van der Waals surface area contributed by atoms with E-state index in [1.165, 1.54) is 11.1 Å². The van der Waals surface area contributed by atoms with Crippen LogP contribution in [0.15, 0.2) is 66.7 Å². The van der Waals surface area contributed by atoms with Crippen LogP contribution in [0.3, 0.4) is 0 Å². The molecule has 5 unspecified atom stereocenters. The van der Waals surface area contributed by atoms with Crippen LogP contribution in [-0.2, 0) is 18.9 Å². The molecule has 3 aliphatic heterocycles. The molecule has 0 radical (unpaired) electrons. The van der Waals surface area contributed by atoms with Crippen LogP contribution in [0.2, 0.25) is 0 Å². The fraction of sp³-hybridized carbons (Fsp3) is 0.438. The Hall–Kier alpha value is -6.08. The third kappa shape index (κ3) is 13.1. The number of epoxide rings is 3. The van der Waals surface area contributed by atoms with Crippen molar-refractivity contribution in [3.8, 4) is 67.9 Å². The molecule has 398 valence electrons. The number of aryl methyl sites for hydroxylation is 11. The Morgan fingerprint density at radius 1 is 0.360 bits per heavy atom. The van der Waals surface area contributed by atoms with Crippen LogP contribution in [0.5, 0.6) is 34.5 Å². The van der Waals surface area contributed by atoms with E-state index in [0.717, 1.165) is 149 Å². The van der Waals surface area contributed by atoms with Crippen molar-refractivity contribution in [2.75, 3.05) is 66.1 Å². The van der Waals surface area contributed by atoms with Crippen molar-refractivity contribution in [3.63, 3.8) is 0 Å². The zero-order valence-electron chi connectivity index (χ0n) is 46.3. The van der Waals surface area contributed by atoms with Crippen molar-refractivity contribution < 1.29 is 52.5 Å². The second-order valence-corrected chi connectivity index (χ2v) is 21.4. The maximum absolute atomic E-state index is 11.4. The highest BCUT2D eigenvalue weighted by Gasteiger charge is 2.27. The molecule has 5 atom stereocenters. The van der Waals surface area contributed by atoms with Crippen molar-refractivity contribution in [1.29, 1.82) is 0 Å². The first-order chi connectivity index (χ1) is 35.9. The lowest BCUT2D eigenvalue weighted by Crippen LogP contribution is -2.34. The van der Waals surface area contributed by atoms with E-state index in [9.17, 15) is 5.11 Å². The van der Waals surface area contributed by atoms with Gasteiger partial charge in [-0.25, -0.2) is 0 Å². The molecule has 11 heteroatoms. The van der Waals surface area contributed by atoms with Gasteiger partial charge in [0.15, 0.2) is 0 Å². The van der Waals surface area contributed by atoms with Gasteiger partial charge in [-0.1, -0.05) is 0 Å². The Morgan fingerprint density at radius 3 is 0.973 bits per heavy atom. The molecule has 3 fully saturated rings. The van der Waals surface area contributed by atoms with Crippen LogP contribution in [-0.4, -0.2) is 102 Å². The van der Waals surface area contributed by atoms with Gasteiger partial charge in [-0.05, 0) is 262 Å². The maximum Gasteiger partial charge on any atom is 0.125 e. The lowest BCUT2D eigenvalue weighted by atomic mass is 9.91. The largest absolute Gasteiger partial charge is 0.490 e. The van der Waals surface area contributed by atoms with E-state index in [4.69, 9.17) is 47.4 Å². The summed E-state index contributed by atoms with van der Waals surface area (Å²) < 4.78 is 60.7. The molecule has 75 heavy (non-hydrogen) atoms. The zero-order chi connectivity index (χ0) is 53.2. The monoisotopic (exact) mass is 1020 g/mol. The third-order valence-corrected chi connectivity index (χ3v) is 14.5. The first kappa shape index (κ1) is 53.7. The molecule has 3 heterocycles. The predicted molar refractivity (Wildman–Crippen MR) is 295 cm³/mol. The predicted octanol–water partition coefficient (Wildman–Crippen LogP) is 12.3. The van der Waals surface area contributed by atoms with Gasteiger partial charge >= 0.3 is 0 Å². The topological polar surface area (TPSA) is 122 Å². The molecule has 9 rings (SSSR count). The highest BCUT2D eigenvalue weighted by atomic mass is 16.6. The minimum absolute atomic E-state index is 0.0126. The zero-order valence-corrected chi connectivity index (χ0v) is 46.3. The lowest BCUT2D eigenvalue weighted by molar-refractivity contribution is -0.0541. The Labute approximate surface area is 444 Å². The van der Waals surface area contributed by atoms with Crippen LogP contribution < -0.4 is 28.4 Å². The summed E-state index contributed by atoms with van der Waals surface area (Å²) in [4.78, 5) is 0. The second-order valence-electron chi connectivity index (χ2n) is 21.4. The van der Waals surface area contributed by atoms with Crippen molar-refractivity contribution in [2.45, 2.75) is 121 Å². The number of benzene rings is 6. The number of rotatable bonds is 24. The van der Waals surface area contributed by atoms with Crippen molar-refractivity contribution >= 4 is 0 Å². The first-order valence-corrected chi connectivity index (χ1v) is 26.5. The number of aliphatic hydroxyl groups is 1. The number of ether oxygens (including phenoxy) is 10. The maximum atomic E-state index is 11.4. The van der Waals surface area contributed by atoms with Gasteiger partial charge in [-0.2, -0.15) is 0 Å². The molecule has 0 amide bonds. The molecule has 3 aliphatic rings. The van der Waals surface area contributed by atoms with Gasteiger partial charge in [-0.3, -0.25) is 0 Å². The summed E-state index contributed by atoms with van der Waals surface area (Å²) in [6, 6.07) is 23.9. The van der Waals surface area contributed by atoms with E-state index >= 15 is 0 Å². The molecule has 1 N–H and O–H groups in total. The molecule has 0 aromatic heterocycles. The standard InChI is InChI=1S/C64H76O11/c1-35-14-48(49-16-37(3)60(38(4)17-49)71-30-54-27-67-54)15-36(2)59(35)70-26-53(65)25-66-57(32-73-62-41(7)20-51(21-42(62)8)50-18-39(5)61(40(6)19-50)72-31-55-28-68-55)33-74-63-43(9)22-52(23-44(63)10)58-24-45(11)64(47(13)46(58)12)75-34-56-29-69-56/h14-24,53-57,65H,25-34H2,1-13H3. The molecule has 0 bridgehead atoms. The number of hydrogen-bond acceptors (Lipinski definition) is 11. The highest BCUT2D eigenvalue weighted by molar-refractivity contribution is 5.75. The average molecular weight is 1020 g/mol. The van der Waals surface area contributed by atoms with Crippen molar-refractivity contribution in [1.82, 2.24) is 0 Å². The van der Waals surface area contributed by atoms with Crippen molar-refractivity contribution in [3.05, 3.63) is 139 Å². The van der Waals surface area contributed by atoms with Gasteiger partial charge in [0.25, 0.3) is 0 Å². The molecule has 0 saturated carbocycles. The Morgan fingerprint density at radius 2 is 0.640 bits per heavy atom. The number of hydrogen-bond donors (Lipinski definition) is 1. The molecule has 3 saturated heterocycles. The molecular formula is C64H76O11. The summed E-state index contributed by atoms with van der Waals surface area (Å²) in [5.74, 6) is 5.09. The van der Waals surface area contributed by atoms with Crippen LogP contribution in [0.4, 0.5) is 0 Å². The fourth-order valence-electron chi connectivity index (χ4n) is 10.3. The molecule has 0 aliphatic carbocycles. The minimum atomic E-state index is -0.921. The van der Waals surface area contributed by atoms with E-state index in [-0.39, 0.29) is 44.7 Å². The van der Waals surface area contributed by atoms with Crippen LogP contribution in [0, 0.1) is 90.0 Å². The molecule has 0 spiro atoms. The van der Waals surface area contributed by atoms with Gasteiger partial charge in [0.2, 0.25) is 0 Å². The van der Waals surface area contributed by atoms with E-state index < -0.39 is 12.2 Å². The molecule has 11 nitrogen and oxygen atoms in total. The van der Waals surface area contributed by atoms with E-state index in [0.29, 0.717) is 19.8 Å². The number of aliphatic hydroxyl groups excluding tert-OH is 1. The lowest BCUT2D eigenvalue weighted by Gasteiger charge is -2.24. The van der Waals surface area contributed by atoms with Crippen LogP contribution >= 0.6 is 0 Å². The Balaban J connectivity index is 0.891. The minimum Gasteiger partial charge on any atom is -0.490 e. The summed E-state index contributed by atoms with van der Waals surface area (Å²) in [7, 11) is 0. The van der Waals surface area contributed by atoms with Gasteiger partial charge in [0.05, 0.1) is 26.4 Å². The van der Waals surface area contributed by atoms with Gasteiger partial charge in [0.1, 0.15) is 105 Å². The fourth-order valence-corrected chi connectivity index (χ4v) is 10.3. The smallest absolute Gasteiger partial charge is 0.125 e. The quantitative estimate of drug-likeness (QED) is 0.0583. The van der Waals surface area contributed by atoms with Crippen LogP contribution in [0.25, 0.3) is 33.4 Å². The van der Waals surface area contributed by atoms with E-state index in [2.05, 4.69) is 143 Å². The summed E-state index contributed by atoms with van der Waals surface area (Å²) in [6.45, 7) is 31.6. The summed E-state index contributed by atoms with van der Waals surface area (Å²) in [5.41, 5.74) is 20.5. The van der Waals surface area contributed by atoms with E-state index in [1.54, 1.807) is 0 Å². The van der Waals surface area contributed by atoms with Crippen LogP contribution in [0.1, 0.15) is 72.3 Å². The average Bonchev–Trinajstić information content (AvgIpc) is 4.20. The van der Waals surface area contributed by atoms with Gasteiger partial charge < -0.3 is 52.5 Å². The van der Waals surface area contributed by atoms with Crippen molar-refractivity contribution in [2.24, 2.45) is 0 Å². The van der Waals surface area contributed by atoms with E-state index in [1.807, 2.05) is 13.8 Å².